The van der Waals surface area contributed by atoms with Gasteiger partial charge >= 0.3 is 5.97 Å². The number of hydrogen-bond acceptors (Lipinski definition) is 3. The largest absolute Gasteiger partial charge is 0.480 e. The summed E-state index contributed by atoms with van der Waals surface area (Å²) in [7, 11) is 0. The van der Waals surface area contributed by atoms with E-state index >= 15 is 0 Å². The third-order valence-corrected chi connectivity index (χ3v) is 3.20. The van der Waals surface area contributed by atoms with Gasteiger partial charge in [-0.15, -0.1) is 0 Å². The molecule has 1 heterocycles. The maximum absolute atomic E-state index is 12.2. The number of halogens is 1. The predicted molar refractivity (Wildman–Crippen MR) is 76.0 cm³/mol. The quantitative estimate of drug-likeness (QED) is 0.879. The molecule has 1 N–H and O–H groups in total. The van der Waals surface area contributed by atoms with Crippen molar-refractivity contribution in [2.75, 3.05) is 13.1 Å². The van der Waals surface area contributed by atoms with Crippen LogP contribution in [0.2, 0.25) is 5.15 Å². The highest BCUT2D eigenvalue weighted by Crippen LogP contribution is 2.22. The Morgan fingerprint density at radius 3 is 2.70 bits per heavy atom. The maximum Gasteiger partial charge on any atom is 0.323 e. The summed E-state index contributed by atoms with van der Waals surface area (Å²) in [5, 5.41) is 10.6. The second kappa shape index (κ2) is 5.88. The Morgan fingerprint density at radius 2 is 2.05 bits per heavy atom. The van der Waals surface area contributed by atoms with Gasteiger partial charge in [0.05, 0.1) is 0 Å². The van der Waals surface area contributed by atoms with Crippen molar-refractivity contribution in [1.29, 1.82) is 0 Å². The molecule has 0 radical (unpaired) electrons. The molecular weight excluding hydrogens is 280 g/mol. The Hall–Kier alpha value is -2.14. The highest BCUT2D eigenvalue weighted by molar-refractivity contribution is 6.34. The van der Waals surface area contributed by atoms with E-state index in [0.29, 0.717) is 0 Å². The van der Waals surface area contributed by atoms with Crippen LogP contribution in [-0.2, 0) is 4.79 Å². The van der Waals surface area contributed by atoms with Crippen molar-refractivity contribution < 1.29 is 14.7 Å². The van der Waals surface area contributed by atoms with E-state index in [1.165, 1.54) is 4.90 Å². The van der Waals surface area contributed by atoms with Gasteiger partial charge in [0.25, 0.3) is 5.91 Å². The fourth-order valence-corrected chi connectivity index (χ4v) is 2.18. The van der Waals surface area contributed by atoms with Crippen LogP contribution < -0.4 is 0 Å². The molecule has 0 unspecified atom stereocenters. The van der Waals surface area contributed by atoms with Crippen LogP contribution in [0.4, 0.5) is 0 Å². The van der Waals surface area contributed by atoms with Crippen molar-refractivity contribution in [3.63, 3.8) is 0 Å². The lowest BCUT2D eigenvalue weighted by molar-refractivity contribution is -0.137. The van der Waals surface area contributed by atoms with Gasteiger partial charge in [-0.25, -0.2) is 4.98 Å². The number of aliphatic carboxylic acids is 1. The summed E-state index contributed by atoms with van der Waals surface area (Å²) in [6.45, 7) is 1.64. The van der Waals surface area contributed by atoms with E-state index in [-0.39, 0.29) is 23.9 Å². The van der Waals surface area contributed by atoms with Gasteiger partial charge in [0.15, 0.2) is 0 Å². The van der Waals surface area contributed by atoms with Gasteiger partial charge in [0, 0.05) is 11.9 Å². The molecule has 2 aromatic rings. The normalized spacial score (nSPS) is 10.5. The van der Waals surface area contributed by atoms with Gasteiger partial charge < -0.3 is 10.0 Å². The first-order valence-corrected chi connectivity index (χ1v) is 6.47. The molecule has 0 spiro atoms. The molecule has 6 heteroatoms. The fourth-order valence-electron chi connectivity index (χ4n) is 1.92. The number of carbonyl (C=O) groups excluding carboxylic acids is 1. The number of nitrogens with zero attached hydrogens (tertiary/aromatic N) is 2. The summed E-state index contributed by atoms with van der Waals surface area (Å²) in [5.74, 6) is -1.50. The lowest BCUT2D eigenvalue weighted by Gasteiger charge is -2.18. The summed E-state index contributed by atoms with van der Waals surface area (Å²) in [5.41, 5.74) is 0.150. The fraction of sp³-hybridized carbons (Fsp3) is 0.214. The molecule has 5 nitrogen and oxygen atoms in total. The zero-order valence-corrected chi connectivity index (χ0v) is 11.6. The van der Waals surface area contributed by atoms with E-state index in [1.54, 1.807) is 13.0 Å². The lowest BCUT2D eigenvalue weighted by Crippen LogP contribution is -2.35. The van der Waals surface area contributed by atoms with E-state index < -0.39 is 11.9 Å². The SMILES string of the molecule is CCN(CC(=O)O)C(=O)c1cc2ccccc2c(Cl)n1. The van der Waals surface area contributed by atoms with Gasteiger partial charge in [-0.2, -0.15) is 0 Å². The first kappa shape index (κ1) is 14.3. The van der Waals surface area contributed by atoms with Gasteiger partial charge in [-0.05, 0) is 18.4 Å². The Morgan fingerprint density at radius 1 is 1.35 bits per heavy atom. The van der Waals surface area contributed by atoms with Crippen molar-refractivity contribution in [1.82, 2.24) is 9.88 Å². The lowest BCUT2D eigenvalue weighted by atomic mass is 10.1. The first-order valence-electron chi connectivity index (χ1n) is 6.09. The molecular formula is C14H13ClN2O3. The minimum Gasteiger partial charge on any atom is -0.480 e. The summed E-state index contributed by atoms with van der Waals surface area (Å²) < 4.78 is 0. The van der Waals surface area contributed by atoms with Crippen LogP contribution in [0.25, 0.3) is 10.8 Å². The third kappa shape index (κ3) is 2.88. The Bertz CT molecular complexity index is 673. The predicted octanol–water partition coefficient (Wildman–Crippen LogP) is 2.43. The van der Waals surface area contributed by atoms with Crippen LogP contribution in [0.3, 0.4) is 0 Å². The molecule has 1 aromatic carbocycles. The zero-order chi connectivity index (χ0) is 14.7. The standard InChI is InChI=1S/C14H13ClN2O3/c1-2-17(8-12(18)19)14(20)11-7-9-5-3-4-6-10(9)13(15)16-11/h3-7H,2,8H2,1H3,(H,18,19). The number of benzene rings is 1. The van der Waals surface area contributed by atoms with Crippen LogP contribution >= 0.6 is 11.6 Å². The van der Waals surface area contributed by atoms with Crippen LogP contribution in [0.5, 0.6) is 0 Å². The Balaban J connectivity index is 2.41. The molecule has 0 aliphatic heterocycles. The van der Waals surface area contributed by atoms with Crippen LogP contribution in [0, 0.1) is 0 Å². The van der Waals surface area contributed by atoms with E-state index in [9.17, 15) is 9.59 Å². The molecule has 0 fully saturated rings. The van der Waals surface area contributed by atoms with Crippen LogP contribution in [0.15, 0.2) is 30.3 Å². The molecule has 0 saturated carbocycles. The number of likely N-dealkylation sites (N-methyl/N-ethyl adjacent to an activating group) is 1. The van der Waals surface area contributed by atoms with Crippen LogP contribution in [-0.4, -0.2) is 40.0 Å². The highest BCUT2D eigenvalue weighted by Gasteiger charge is 2.19. The maximum atomic E-state index is 12.2. The first-order chi connectivity index (χ1) is 9.52. The van der Waals surface area contributed by atoms with Crippen LogP contribution in [0.1, 0.15) is 17.4 Å². The van der Waals surface area contributed by atoms with E-state index in [4.69, 9.17) is 16.7 Å². The molecule has 0 atom stereocenters. The van der Waals surface area contributed by atoms with Gasteiger partial charge in [-0.1, -0.05) is 35.9 Å². The number of aromatic nitrogens is 1. The van der Waals surface area contributed by atoms with E-state index in [1.807, 2.05) is 24.3 Å². The average molecular weight is 293 g/mol. The van der Waals surface area contributed by atoms with Gasteiger partial charge in [-0.3, -0.25) is 9.59 Å². The molecule has 0 aliphatic rings. The molecule has 0 aliphatic carbocycles. The smallest absolute Gasteiger partial charge is 0.323 e. The topological polar surface area (TPSA) is 70.5 Å². The minimum atomic E-state index is -1.06. The summed E-state index contributed by atoms with van der Waals surface area (Å²) in [4.78, 5) is 28.3. The number of amides is 1. The van der Waals surface area contributed by atoms with Gasteiger partial charge in [0.2, 0.25) is 0 Å². The van der Waals surface area contributed by atoms with Crippen molar-refractivity contribution >= 4 is 34.2 Å². The second-order valence-corrected chi connectivity index (χ2v) is 4.59. The molecule has 1 amide bonds. The molecule has 20 heavy (non-hydrogen) atoms. The summed E-state index contributed by atoms with van der Waals surface area (Å²) >= 11 is 6.06. The van der Waals surface area contributed by atoms with Crippen molar-refractivity contribution in [3.8, 4) is 0 Å². The molecule has 0 bridgehead atoms. The summed E-state index contributed by atoms with van der Waals surface area (Å²) in [6.07, 6.45) is 0. The highest BCUT2D eigenvalue weighted by atomic mass is 35.5. The molecule has 104 valence electrons. The van der Waals surface area contributed by atoms with E-state index in [2.05, 4.69) is 4.98 Å². The Kier molecular flexibility index (Phi) is 4.20. The number of carboxylic acid groups (broad SMARTS) is 1. The molecule has 2 rings (SSSR count). The van der Waals surface area contributed by atoms with Crippen molar-refractivity contribution in [3.05, 3.63) is 41.2 Å². The number of hydrogen-bond donors (Lipinski definition) is 1. The Labute approximate surface area is 120 Å². The van der Waals surface area contributed by atoms with Crippen molar-refractivity contribution in [2.45, 2.75) is 6.92 Å². The minimum absolute atomic E-state index is 0.150. The average Bonchev–Trinajstić information content (AvgIpc) is 2.43. The van der Waals surface area contributed by atoms with E-state index in [0.717, 1.165) is 10.8 Å². The zero-order valence-electron chi connectivity index (χ0n) is 10.8. The second-order valence-electron chi connectivity index (χ2n) is 4.23. The number of rotatable bonds is 4. The number of pyridine rings is 1. The third-order valence-electron chi connectivity index (χ3n) is 2.91. The monoisotopic (exact) mass is 292 g/mol. The summed E-state index contributed by atoms with van der Waals surface area (Å²) in [6, 6.07) is 8.93. The number of fused-ring (bicyclic) bond motifs is 1. The molecule has 0 saturated heterocycles. The van der Waals surface area contributed by atoms with Gasteiger partial charge in [0.1, 0.15) is 17.4 Å². The number of carbonyl (C=O) groups is 2. The number of carboxylic acids is 1. The molecule has 1 aromatic heterocycles. The van der Waals surface area contributed by atoms with Crippen molar-refractivity contribution in [2.24, 2.45) is 0 Å².